The molecular weight excluding hydrogens is 263 g/mol. The number of phenolic OH excluding ortho intramolecular Hbond substituents is 1. The van der Waals surface area contributed by atoms with Crippen LogP contribution in [0.25, 0.3) is 0 Å². The number of phenols is 1. The van der Waals surface area contributed by atoms with E-state index in [9.17, 15) is 9.50 Å². The van der Waals surface area contributed by atoms with Crippen molar-refractivity contribution in [1.29, 1.82) is 0 Å². The molecule has 1 aromatic rings. The van der Waals surface area contributed by atoms with E-state index in [1.54, 1.807) is 6.07 Å². The fourth-order valence-electron chi connectivity index (χ4n) is 2.41. The van der Waals surface area contributed by atoms with Crippen molar-refractivity contribution in [2.24, 2.45) is 5.92 Å². The summed E-state index contributed by atoms with van der Waals surface area (Å²) in [6.45, 7) is 0.835. The van der Waals surface area contributed by atoms with E-state index in [1.165, 1.54) is 44.2 Å². The molecule has 19 heavy (non-hydrogen) atoms. The van der Waals surface area contributed by atoms with Crippen LogP contribution in [-0.2, 0) is 0 Å². The van der Waals surface area contributed by atoms with Crippen molar-refractivity contribution in [3.63, 3.8) is 0 Å². The summed E-state index contributed by atoms with van der Waals surface area (Å²) in [5.41, 5.74) is 0.293. The van der Waals surface area contributed by atoms with Gasteiger partial charge in [-0.05, 0) is 43.1 Å². The predicted octanol–water partition coefficient (Wildman–Crippen LogP) is 3.40. The monoisotopic (exact) mass is 282 g/mol. The van der Waals surface area contributed by atoms with Crippen LogP contribution in [0.2, 0.25) is 0 Å². The molecule has 0 unspecified atom stereocenters. The zero-order valence-corrected chi connectivity index (χ0v) is 11.6. The van der Waals surface area contributed by atoms with Gasteiger partial charge < -0.3 is 15.7 Å². The van der Waals surface area contributed by atoms with Gasteiger partial charge in [-0.3, -0.25) is 0 Å². The van der Waals surface area contributed by atoms with Gasteiger partial charge in [0.25, 0.3) is 0 Å². The number of halogens is 1. The third-order valence-electron chi connectivity index (χ3n) is 3.51. The van der Waals surface area contributed by atoms with Gasteiger partial charge in [0.15, 0.2) is 16.7 Å². The Balaban J connectivity index is 1.82. The summed E-state index contributed by atoms with van der Waals surface area (Å²) < 4.78 is 13.2. The number of aromatic hydroxyl groups is 1. The van der Waals surface area contributed by atoms with Gasteiger partial charge >= 0.3 is 0 Å². The number of para-hydroxylation sites is 1. The Morgan fingerprint density at radius 2 is 2.05 bits per heavy atom. The molecule has 0 aliphatic heterocycles. The largest absolute Gasteiger partial charge is 0.503 e. The summed E-state index contributed by atoms with van der Waals surface area (Å²) >= 11 is 5.15. The van der Waals surface area contributed by atoms with Crippen LogP contribution >= 0.6 is 12.2 Å². The Hall–Kier alpha value is -1.36. The van der Waals surface area contributed by atoms with E-state index >= 15 is 0 Å². The van der Waals surface area contributed by atoms with Crippen LogP contribution in [0.4, 0.5) is 10.1 Å². The molecule has 0 atom stereocenters. The summed E-state index contributed by atoms with van der Waals surface area (Å²) in [5.74, 6) is -0.390. The summed E-state index contributed by atoms with van der Waals surface area (Å²) in [5, 5.41) is 15.9. The van der Waals surface area contributed by atoms with E-state index in [-0.39, 0.29) is 0 Å². The summed E-state index contributed by atoms with van der Waals surface area (Å²) in [4.78, 5) is 0. The Morgan fingerprint density at radius 1 is 1.32 bits per heavy atom. The lowest BCUT2D eigenvalue weighted by Gasteiger charge is -2.22. The summed E-state index contributed by atoms with van der Waals surface area (Å²) in [6, 6.07) is 4.33. The van der Waals surface area contributed by atoms with E-state index in [4.69, 9.17) is 12.2 Å². The normalized spacial score (nSPS) is 16.1. The molecule has 1 fully saturated rings. The van der Waals surface area contributed by atoms with Crippen LogP contribution < -0.4 is 10.6 Å². The second-order valence-corrected chi connectivity index (χ2v) is 5.38. The first kappa shape index (κ1) is 14.1. The van der Waals surface area contributed by atoms with Gasteiger partial charge in [0.05, 0.1) is 5.69 Å². The highest BCUT2D eigenvalue weighted by molar-refractivity contribution is 7.80. The molecule has 5 heteroatoms. The first-order valence-corrected chi connectivity index (χ1v) is 7.10. The smallest absolute Gasteiger partial charge is 0.175 e. The zero-order chi connectivity index (χ0) is 13.7. The number of benzene rings is 1. The van der Waals surface area contributed by atoms with E-state index in [0.717, 1.165) is 6.54 Å². The van der Waals surface area contributed by atoms with Gasteiger partial charge in [-0.2, -0.15) is 0 Å². The SMILES string of the molecule is Oc1c(F)cccc1NC(=S)NCC1CCCCC1. The van der Waals surface area contributed by atoms with E-state index in [2.05, 4.69) is 10.6 Å². The van der Waals surface area contributed by atoms with E-state index in [1.807, 2.05) is 0 Å². The first-order chi connectivity index (χ1) is 9.16. The fraction of sp³-hybridized carbons (Fsp3) is 0.500. The van der Waals surface area contributed by atoms with Crippen LogP contribution in [-0.4, -0.2) is 16.8 Å². The van der Waals surface area contributed by atoms with Gasteiger partial charge in [-0.15, -0.1) is 0 Å². The highest BCUT2D eigenvalue weighted by Gasteiger charge is 2.14. The minimum Gasteiger partial charge on any atom is -0.503 e. The molecule has 0 radical (unpaired) electrons. The maximum absolute atomic E-state index is 13.2. The number of hydrogen-bond acceptors (Lipinski definition) is 2. The number of hydrogen-bond donors (Lipinski definition) is 3. The van der Waals surface area contributed by atoms with Gasteiger partial charge in [-0.25, -0.2) is 4.39 Å². The maximum Gasteiger partial charge on any atom is 0.175 e. The number of thiocarbonyl (C=S) groups is 1. The minimum absolute atomic E-state index is 0.293. The van der Waals surface area contributed by atoms with Crippen molar-refractivity contribution in [1.82, 2.24) is 5.32 Å². The molecule has 3 nitrogen and oxygen atoms in total. The van der Waals surface area contributed by atoms with Crippen LogP contribution in [0.5, 0.6) is 5.75 Å². The molecule has 0 saturated heterocycles. The Labute approximate surface area is 118 Å². The Morgan fingerprint density at radius 3 is 2.79 bits per heavy atom. The highest BCUT2D eigenvalue weighted by Crippen LogP contribution is 2.26. The second kappa shape index (κ2) is 6.70. The van der Waals surface area contributed by atoms with Crippen molar-refractivity contribution < 1.29 is 9.50 Å². The molecule has 104 valence electrons. The van der Waals surface area contributed by atoms with Gasteiger partial charge in [0.1, 0.15) is 0 Å². The fourth-order valence-corrected chi connectivity index (χ4v) is 2.60. The van der Waals surface area contributed by atoms with Crippen LogP contribution in [0.1, 0.15) is 32.1 Å². The van der Waals surface area contributed by atoms with Crippen molar-refractivity contribution in [2.75, 3.05) is 11.9 Å². The van der Waals surface area contributed by atoms with Crippen molar-refractivity contribution in [3.8, 4) is 5.75 Å². The third kappa shape index (κ3) is 4.06. The maximum atomic E-state index is 13.2. The van der Waals surface area contributed by atoms with E-state index < -0.39 is 11.6 Å². The van der Waals surface area contributed by atoms with E-state index in [0.29, 0.717) is 16.7 Å². The van der Waals surface area contributed by atoms with Crippen LogP contribution in [0.15, 0.2) is 18.2 Å². The standard InChI is InChI=1S/C14H19FN2OS/c15-11-7-4-8-12(13(11)18)17-14(19)16-9-10-5-2-1-3-6-10/h4,7-8,10,18H,1-3,5-6,9H2,(H2,16,17,19). The molecule has 0 amide bonds. The Kier molecular flexibility index (Phi) is 4.96. The average molecular weight is 282 g/mol. The lowest BCUT2D eigenvalue weighted by atomic mass is 9.89. The quantitative estimate of drug-likeness (QED) is 0.587. The first-order valence-electron chi connectivity index (χ1n) is 6.69. The van der Waals surface area contributed by atoms with Crippen molar-refractivity contribution in [3.05, 3.63) is 24.0 Å². The number of rotatable bonds is 3. The topological polar surface area (TPSA) is 44.3 Å². The van der Waals surface area contributed by atoms with Gasteiger partial charge in [0.2, 0.25) is 0 Å². The molecule has 1 aliphatic rings. The molecule has 0 heterocycles. The molecule has 0 bridgehead atoms. The second-order valence-electron chi connectivity index (χ2n) is 4.98. The van der Waals surface area contributed by atoms with Crippen LogP contribution in [0, 0.1) is 11.7 Å². The average Bonchev–Trinajstić information content (AvgIpc) is 2.43. The molecule has 3 N–H and O–H groups in total. The molecule has 0 spiro atoms. The number of anilines is 1. The molecule has 1 saturated carbocycles. The Bertz CT molecular complexity index is 447. The molecule has 1 aromatic carbocycles. The summed E-state index contributed by atoms with van der Waals surface area (Å²) in [7, 11) is 0. The van der Waals surface area contributed by atoms with Crippen molar-refractivity contribution >= 4 is 23.0 Å². The van der Waals surface area contributed by atoms with Gasteiger partial charge in [0, 0.05) is 6.54 Å². The minimum atomic E-state index is -0.653. The molecular formula is C14H19FN2OS. The third-order valence-corrected chi connectivity index (χ3v) is 3.76. The van der Waals surface area contributed by atoms with Gasteiger partial charge in [-0.1, -0.05) is 25.3 Å². The lowest BCUT2D eigenvalue weighted by molar-refractivity contribution is 0.357. The van der Waals surface area contributed by atoms with Crippen molar-refractivity contribution in [2.45, 2.75) is 32.1 Å². The predicted molar refractivity (Wildman–Crippen MR) is 78.9 cm³/mol. The highest BCUT2D eigenvalue weighted by atomic mass is 32.1. The molecule has 2 rings (SSSR count). The zero-order valence-electron chi connectivity index (χ0n) is 10.8. The molecule has 1 aliphatic carbocycles. The molecule has 0 aromatic heterocycles. The van der Waals surface area contributed by atoms with Crippen LogP contribution in [0.3, 0.4) is 0 Å². The number of nitrogens with one attached hydrogen (secondary N) is 2. The summed E-state index contributed by atoms with van der Waals surface area (Å²) in [6.07, 6.45) is 6.38. The lowest BCUT2D eigenvalue weighted by Crippen LogP contribution is -2.33.